The molecule has 1 amide bonds. The number of carbonyl (C=O) groups excluding carboxylic acids is 1. The van der Waals surface area contributed by atoms with Gasteiger partial charge in [0.25, 0.3) is 5.56 Å². The molecule has 0 radical (unpaired) electrons. The number of rotatable bonds is 6. The van der Waals surface area contributed by atoms with Gasteiger partial charge in [0.1, 0.15) is 24.5 Å². The Kier molecular flexibility index (Phi) is 6.31. The Balaban J connectivity index is 1.94. The Morgan fingerprint density at radius 2 is 2.00 bits per heavy atom. The van der Waals surface area contributed by atoms with Crippen molar-refractivity contribution in [1.29, 1.82) is 0 Å². The zero-order valence-corrected chi connectivity index (χ0v) is 14.5. The lowest BCUT2D eigenvalue weighted by Crippen LogP contribution is -2.37. The largest absolute Gasteiger partial charge is 0.492 e. The van der Waals surface area contributed by atoms with Crippen LogP contribution in [-0.2, 0) is 17.5 Å². The topological polar surface area (TPSA) is 51.5 Å². The van der Waals surface area contributed by atoms with Crippen LogP contribution in [0.1, 0.15) is 5.56 Å². The summed E-state index contributed by atoms with van der Waals surface area (Å²) in [6, 6.07) is 8.50. The average Bonchev–Trinajstić information content (AvgIpc) is 2.55. The molecule has 0 spiro atoms. The summed E-state index contributed by atoms with van der Waals surface area (Å²) in [5, 5.41) is 0.510. The molecular formula is C17H16ClF3N2O3. The number of pyridine rings is 1. The van der Waals surface area contributed by atoms with E-state index in [0.717, 1.165) is 16.8 Å². The summed E-state index contributed by atoms with van der Waals surface area (Å²) >= 11 is 5.83. The van der Waals surface area contributed by atoms with E-state index in [4.69, 9.17) is 16.3 Å². The fourth-order valence-corrected chi connectivity index (χ4v) is 2.31. The van der Waals surface area contributed by atoms with Gasteiger partial charge in [-0.05, 0) is 30.3 Å². The number of halogens is 4. The van der Waals surface area contributed by atoms with Crippen LogP contribution in [0.5, 0.6) is 5.75 Å². The maximum absolute atomic E-state index is 12.7. The van der Waals surface area contributed by atoms with Gasteiger partial charge in [-0.15, -0.1) is 0 Å². The van der Waals surface area contributed by atoms with Crippen molar-refractivity contribution >= 4 is 17.5 Å². The first-order valence-corrected chi connectivity index (χ1v) is 7.95. The van der Waals surface area contributed by atoms with E-state index in [1.54, 1.807) is 24.3 Å². The number of nitrogens with zero attached hydrogens (tertiary/aromatic N) is 2. The van der Waals surface area contributed by atoms with Crippen LogP contribution in [0.3, 0.4) is 0 Å². The third-order valence-electron chi connectivity index (χ3n) is 3.55. The summed E-state index contributed by atoms with van der Waals surface area (Å²) in [6.45, 7) is -0.129. The number of benzene rings is 1. The maximum Gasteiger partial charge on any atom is 0.421 e. The summed E-state index contributed by atoms with van der Waals surface area (Å²) in [5.41, 5.74) is -2.56. The monoisotopic (exact) mass is 388 g/mol. The Labute approximate surface area is 152 Å². The number of hydrogen-bond acceptors (Lipinski definition) is 3. The summed E-state index contributed by atoms with van der Waals surface area (Å²) < 4.78 is 44.4. The Bertz CT molecular complexity index is 836. The van der Waals surface area contributed by atoms with Crippen LogP contribution < -0.4 is 10.3 Å². The predicted octanol–water partition coefficient (Wildman–Crippen LogP) is 3.06. The first-order valence-electron chi connectivity index (χ1n) is 7.57. The summed E-state index contributed by atoms with van der Waals surface area (Å²) in [4.78, 5) is 25.2. The minimum absolute atomic E-state index is 0.167. The van der Waals surface area contributed by atoms with Crippen LogP contribution in [0.15, 0.2) is 47.4 Å². The van der Waals surface area contributed by atoms with Crippen molar-refractivity contribution in [1.82, 2.24) is 9.47 Å². The number of aromatic nitrogens is 1. The molecule has 0 atom stereocenters. The zero-order valence-electron chi connectivity index (χ0n) is 13.8. The van der Waals surface area contributed by atoms with E-state index >= 15 is 0 Å². The van der Waals surface area contributed by atoms with E-state index in [0.29, 0.717) is 16.8 Å². The first-order chi connectivity index (χ1) is 12.2. The Morgan fingerprint density at radius 1 is 1.27 bits per heavy atom. The van der Waals surface area contributed by atoms with Gasteiger partial charge in [-0.25, -0.2) is 0 Å². The van der Waals surface area contributed by atoms with Crippen LogP contribution in [-0.4, -0.2) is 35.6 Å². The summed E-state index contributed by atoms with van der Waals surface area (Å²) in [6.07, 6.45) is -3.62. The SMILES string of the molecule is CN(CCOc1cccc(Cl)c1)C(=O)Cn1cccc(C(F)(F)F)c1=O. The van der Waals surface area contributed by atoms with Gasteiger partial charge in [0.2, 0.25) is 5.91 Å². The molecule has 0 N–H and O–H groups in total. The lowest BCUT2D eigenvalue weighted by atomic mass is 10.2. The van der Waals surface area contributed by atoms with Crippen molar-refractivity contribution in [3.05, 3.63) is 63.5 Å². The lowest BCUT2D eigenvalue weighted by Gasteiger charge is -2.18. The molecule has 26 heavy (non-hydrogen) atoms. The highest BCUT2D eigenvalue weighted by Crippen LogP contribution is 2.26. The molecule has 5 nitrogen and oxygen atoms in total. The van der Waals surface area contributed by atoms with Crippen LogP contribution in [0.25, 0.3) is 0 Å². The molecule has 140 valence electrons. The minimum Gasteiger partial charge on any atom is -0.492 e. The molecule has 9 heteroatoms. The van der Waals surface area contributed by atoms with E-state index < -0.39 is 29.8 Å². The molecule has 0 saturated carbocycles. The van der Waals surface area contributed by atoms with Crippen LogP contribution in [0, 0.1) is 0 Å². The predicted molar refractivity (Wildman–Crippen MR) is 90.3 cm³/mol. The van der Waals surface area contributed by atoms with E-state index in [9.17, 15) is 22.8 Å². The second kappa shape index (κ2) is 8.27. The standard InChI is InChI=1S/C17H16ClF3N2O3/c1-22(8-9-26-13-5-2-4-12(18)10-13)15(24)11-23-7-3-6-14(16(23)25)17(19,20)21/h2-7,10H,8-9,11H2,1H3. The highest BCUT2D eigenvalue weighted by Gasteiger charge is 2.34. The molecule has 0 aliphatic carbocycles. The van der Waals surface area contributed by atoms with Crippen LogP contribution >= 0.6 is 11.6 Å². The second-order valence-corrected chi connectivity index (χ2v) is 5.91. The molecule has 0 saturated heterocycles. The average molecular weight is 389 g/mol. The zero-order chi connectivity index (χ0) is 19.3. The third-order valence-corrected chi connectivity index (χ3v) is 3.78. The van der Waals surface area contributed by atoms with Crippen LogP contribution in [0.4, 0.5) is 13.2 Å². The normalized spacial score (nSPS) is 11.3. The van der Waals surface area contributed by atoms with E-state index in [2.05, 4.69) is 0 Å². The maximum atomic E-state index is 12.7. The molecule has 0 fully saturated rings. The molecule has 0 unspecified atom stereocenters. The van der Waals surface area contributed by atoms with Gasteiger partial charge in [0.05, 0.1) is 6.54 Å². The van der Waals surface area contributed by atoms with E-state index in [-0.39, 0.29) is 13.2 Å². The second-order valence-electron chi connectivity index (χ2n) is 5.47. The number of likely N-dealkylation sites (N-methyl/N-ethyl adjacent to an activating group) is 1. The van der Waals surface area contributed by atoms with Gasteiger partial charge in [-0.1, -0.05) is 17.7 Å². The van der Waals surface area contributed by atoms with E-state index in [1.165, 1.54) is 11.9 Å². The fraction of sp³-hybridized carbons (Fsp3) is 0.294. The molecule has 0 aliphatic rings. The Morgan fingerprint density at radius 3 is 2.65 bits per heavy atom. The number of alkyl halides is 3. The summed E-state index contributed by atoms with van der Waals surface area (Å²) in [7, 11) is 1.47. The number of ether oxygens (including phenoxy) is 1. The molecule has 2 rings (SSSR count). The number of carbonyl (C=O) groups is 1. The number of hydrogen-bond donors (Lipinski definition) is 0. The van der Waals surface area contributed by atoms with E-state index in [1.807, 2.05) is 0 Å². The highest BCUT2D eigenvalue weighted by molar-refractivity contribution is 6.30. The fourth-order valence-electron chi connectivity index (χ4n) is 2.13. The molecule has 1 aromatic carbocycles. The van der Waals surface area contributed by atoms with Gasteiger partial charge in [0, 0.05) is 18.3 Å². The smallest absolute Gasteiger partial charge is 0.421 e. The van der Waals surface area contributed by atoms with Gasteiger partial charge in [-0.3, -0.25) is 9.59 Å². The first kappa shape index (κ1) is 19.8. The quantitative estimate of drug-likeness (QED) is 0.764. The lowest BCUT2D eigenvalue weighted by molar-refractivity contribution is -0.139. The third kappa shape index (κ3) is 5.26. The molecule has 1 heterocycles. The van der Waals surface area contributed by atoms with Gasteiger partial charge < -0.3 is 14.2 Å². The molecule has 1 aromatic heterocycles. The van der Waals surface area contributed by atoms with Crippen molar-refractivity contribution in [2.24, 2.45) is 0 Å². The highest BCUT2D eigenvalue weighted by atomic mass is 35.5. The molecule has 2 aromatic rings. The van der Waals surface area contributed by atoms with Crippen molar-refractivity contribution in [3.8, 4) is 5.75 Å². The Hall–Kier alpha value is -2.48. The summed E-state index contributed by atoms with van der Waals surface area (Å²) in [5.74, 6) is 0.0218. The molecule has 0 bridgehead atoms. The minimum atomic E-state index is -4.76. The van der Waals surface area contributed by atoms with Gasteiger partial charge in [0.15, 0.2) is 0 Å². The van der Waals surface area contributed by atoms with Crippen molar-refractivity contribution in [2.45, 2.75) is 12.7 Å². The number of amides is 1. The van der Waals surface area contributed by atoms with Crippen LogP contribution in [0.2, 0.25) is 5.02 Å². The molecule has 0 aliphatic heterocycles. The van der Waals surface area contributed by atoms with Crippen molar-refractivity contribution < 1.29 is 22.7 Å². The van der Waals surface area contributed by atoms with Gasteiger partial charge in [-0.2, -0.15) is 13.2 Å². The van der Waals surface area contributed by atoms with Gasteiger partial charge >= 0.3 is 6.18 Å². The van der Waals surface area contributed by atoms with Crippen molar-refractivity contribution in [3.63, 3.8) is 0 Å². The molecular weight excluding hydrogens is 373 g/mol. The van der Waals surface area contributed by atoms with Crippen molar-refractivity contribution in [2.75, 3.05) is 20.2 Å².